The third kappa shape index (κ3) is 5.49. The fraction of sp³-hybridized carbons (Fsp3) is 0.708. The normalized spacial score (nSPS) is 27.6. The van der Waals surface area contributed by atoms with Gasteiger partial charge in [0.15, 0.2) is 0 Å². The van der Waals surface area contributed by atoms with Crippen molar-refractivity contribution in [1.29, 1.82) is 0 Å². The zero-order chi connectivity index (χ0) is 22.0. The van der Waals surface area contributed by atoms with Crippen LogP contribution in [0.1, 0.15) is 79.6 Å². The highest BCUT2D eigenvalue weighted by Crippen LogP contribution is 2.43. The minimum Gasteiger partial charge on any atom is -0.366 e. The highest BCUT2D eigenvalue weighted by atomic mass is 32.2. The first-order valence-corrected chi connectivity index (χ1v) is 13.8. The van der Waals surface area contributed by atoms with Gasteiger partial charge in [-0.25, -0.2) is 12.7 Å². The van der Waals surface area contributed by atoms with E-state index in [-0.39, 0.29) is 5.91 Å². The molecule has 2 N–H and O–H groups in total. The van der Waals surface area contributed by atoms with Crippen molar-refractivity contribution in [2.24, 2.45) is 11.7 Å². The standard InChI is InChI=1S/C24H37N3O3S/c1-31(29,30)26(17-18-6-3-2-4-7-18)12-13-27-22-10-11-23(27)16-21(15-22)19-8-5-9-20(14-19)24(25)28/h5,8-9,14,18,21-23H,2-4,6-7,10-13,15-17H2,1H3,(H2,25,28)/t21?,22-,23+. The molecule has 1 aromatic rings. The van der Waals surface area contributed by atoms with Crippen LogP contribution < -0.4 is 5.73 Å². The van der Waals surface area contributed by atoms with Crippen molar-refractivity contribution < 1.29 is 13.2 Å². The number of sulfonamides is 1. The van der Waals surface area contributed by atoms with Gasteiger partial charge in [0.1, 0.15) is 0 Å². The molecule has 2 aliphatic heterocycles. The predicted molar refractivity (Wildman–Crippen MR) is 123 cm³/mol. The molecule has 1 unspecified atom stereocenters. The van der Waals surface area contributed by atoms with Crippen molar-refractivity contribution in [2.75, 3.05) is 25.9 Å². The minimum absolute atomic E-state index is 0.374. The second-order valence-electron chi connectivity index (χ2n) is 9.91. The second kappa shape index (κ2) is 9.59. The molecule has 1 saturated carbocycles. The summed E-state index contributed by atoms with van der Waals surface area (Å²) in [4.78, 5) is 14.1. The number of hydrogen-bond acceptors (Lipinski definition) is 4. The minimum atomic E-state index is -3.18. The van der Waals surface area contributed by atoms with Crippen molar-refractivity contribution in [3.05, 3.63) is 35.4 Å². The third-order valence-corrected chi connectivity index (χ3v) is 9.06. The van der Waals surface area contributed by atoms with Gasteiger partial charge in [-0.05, 0) is 68.1 Å². The lowest BCUT2D eigenvalue weighted by molar-refractivity contribution is 0.0999. The Balaban J connectivity index is 1.38. The summed E-state index contributed by atoms with van der Waals surface area (Å²) in [5, 5.41) is 0. The zero-order valence-electron chi connectivity index (χ0n) is 18.7. The summed E-state index contributed by atoms with van der Waals surface area (Å²) < 4.78 is 26.6. The number of hydrogen-bond donors (Lipinski definition) is 1. The van der Waals surface area contributed by atoms with Crippen molar-refractivity contribution >= 4 is 15.9 Å². The topological polar surface area (TPSA) is 83.7 Å². The van der Waals surface area contributed by atoms with Crippen LogP contribution in [0.4, 0.5) is 0 Å². The summed E-state index contributed by atoms with van der Waals surface area (Å²) >= 11 is 0. The second-order valence-corrected chi connectivity index (χ2v) is 11.9. The van der Waals surface area contributed by atoms with Gasteiger partial charge < -0.3 is 5.73 Å². The first-order valence-electron chi connectivity index (χ1n) is 11.9. The Hall–Kier alpha value is -1.44. The SMILES string of the molecule is CS(=O)(=O)N(CCN1[C@@H]2CC[C@H]1CC(c1cccc(C(N)=O)c1)C2)CC1CCCCC1. The number of amides is 1. The molecule has 0 spiro atoms. The molecule has 2 bridgehead atoms. The number of nitrogens with two attached hydrogens (primary N) is 1. The van der Waals surface area contributed by atoms with Gasteiger partial charge >= 0.3 is 0 Å². The largest absolute Gasteiger partial charge is 0.366 e. The number of rotatable bonds is 8. The van der Waals surface area contributed by atoms with Crippen LogP contribution in [0.5, 0.6) is 0 Å². The quantitative estimate of drug-likeness (QED) is 0.662. The molecular weight excluding hydrogens is 410 g/mol. The van der Waals surface area contributed by atoms with E-state index < -0.39 is 10.0 Å². The van der Waals surface area contributed by atoms with Crippen molar-refractivity contribution in [3.63, 3.8) is 0 Å². The van der Waals surface area contributed by atoms with Crippen LogP contribution in [0.15, 0.2) is 24.3 Å². The summed E-state index contributed by atoms with van der Waals surface area (Å²) in [6.45, 7) is 2.11. The van der Waals surface area contributed by atoms with Crippen LogP contribution in [0.3, 0.4) is 0 Å². The van der Waals surface area contributed by atoms with Gasteiger partial charge in [-0.1, -0.05) is 31.4 Å². The third-order valence-electron chi connectivity index (χ3n) is 7.79. The molecule has 3 aliphatic rings. The van der Waals surface area contributed by atoms with E-state index in [2.05, 4.69) is 11.0 Å². The van der Waals surface area contributed by atoms with Gasteiger partial charge in [0, 0.05) is 37.3 Å². The van der Waals surface area contributed by atoms with Crippen LogP contribution in [0.2, 0.25) is 0 Å². The molecule has 1 amide bonds. The van der Waals surface area contributed by atoms with Crippen LogP contribution >= 0.6 is 0 Å². The maximum absolute atomic E-state index is 12.5. The Labute approximate surface area is 187 Å². The fourth-order valence-corrected chi connectivity index (χ4v) is 7.03. The molecule has 0 aromatic heterocycles. The highest BCUT2D eigenvalue weighted by molar-refractivity contribution is 7.88. The Morgan fingerprint density at radius 2 is 1.77 bits per heavy atom. The number of piperidine rings is 1. The molecule has 1 aliphatic carbocycles. The molecule has 4 rings (SSSR count). The molecule has 0 radical (unpaired) electrons. The van der Waals surface area contributed by atoms with Gasteiger partial charge in [0.05, 0.1) is 6.26 Å². The number of benzene rings is 1. The van der Waals surface area contributed by atoms with Gasteiger partial charge in [0.2, 0.25) is 15.9 Å². The fourth-order valence-electron chi connectivity index (χ4n) is 6.13. The highest BCUT2D eigenvalue weighted by Gasteiger charge is 2.41. The molecule has 3 atom stereocenters. The average molecular weight is 448 g/mol. The van der Waals surface area contributed by atoms with E-state index in [1.54, 1.807) is 10.4 Å². The molecule has 2 saturated heterocycles. The van der Waals surface area contributed by atoms with Crippen LogP contribution in [0.25, 0.3) is 0 Å². The molecule has 172 valence electrons. The average Bonchev–Trinajstić information content (AvgIpc) is 2.98. The van der Waals surface area contributed by atoms with Gasteiger partial charge in [-0.2, -0.15) is 0 Å². The molecule has 2 heterocycles. The molecule has 31 heavy (non-hydrogen) atoms. The van der Waals surface area contributed by atoms with Crippen LogP contribution in [-0.4, -0.2) is 61.5 Å². The maximum Gasteiger partial charge on any atom is 0.248 e. The van der Waals surface area contributed by atoms with Crippen LogP contribution in [0, 0.1) is 5.92 Å². The van der Waals surface area contributed by atoms with E-state index >= 15 is 0 Å². The molecule has 1 aromatic carbocycles. The van der Waals surface area contributed by atoms with Crippen molar-refractivity contribution in [2.45, 2.75) is 75.8 Å². The number of nitrogens with zero attached hydrogens (tertiary/aromatic N) is 2. The lowest BCUT2D eigenvalue weighted by Crippen LogP contribution is -2.47. The molecule has 6 nitrogen and oxygen atoms in total. The Kier molecular flexibility index (Phi) is 7.04. The molecule has 7 heteroatoms. The Bertz CT molecular complexity index is 868. The van der Waals surface area contributed by atoms with E-state index in [0.717, 1.165) is 32.2 Å². The van der Waals surface area contributed by atoms with Gasteiger partial charge in [-0.15, -0.1) is 0 Å². The number of carbonyl (C=O) groups excluding carboxylic acids is 1. The first-order chi connectivity index (χ1) is 14.8. The number of fused-ring (bicyclic) bond motifs is 2. The number of carbonyl (C=O) groups is 1. The van der Waals surface area contributed by atoms with E-state index in [1.165, 1.54) is 43.9 Å². The lowest BCUT2D eigenvalue weighted by Gasteiger charge is -2.40. The summed E-state index contributed by atoms with van der Waals surface area (Å²) in [7, 11) is -3.18. The number of primary amides is 1. The maximum atomic E-state index is 12.5. The van der Waals surface area contributed by atoms with E-state index in [1.807, 2.05) is 12.1 Å². The summed E-state index contributed by atoms with van der Waals surface area (Å²) in [5.74, 6) is 0.589. The lowest BCUT2D eigenvalue weighted by atomic mass is 9.84. The van der Waals surface area contributed by atoms with Crippen molar-refractivity contribution in [3.8, 4) is 0 Å². The zero-order valence-corrected chi connectivity index (χ0v) is 19.5. The van der Waals surface area contributed by atoms with E-state index in [4.69, 9.17) is 5.73 Å². The molecular formula is C24H37N3O3S. The van der Waals surface area contributed by atoms with Crippen LogP contribution in [-0.2, 0) is 10.0 Å². The van der Waals surface area contributed by atoms with E-state index in [0.29, 0.717) is 42.6 Å². The smallest absolute Gasteiger partial charge is 0.248 e. The molecule has 3 fully saturated rings. The van der Waals surface area contributed by atoms with Gasteiger partial charge in [0.25, 0.3) is 0 Å². The van der Waals surface area contributed by atoms with Crippen molar-refractivity contribution in [1.82, 2.24) is 9.21 Å². The monoisotopic (exact) mass is 447 g/mol. The van der Waals surface area contributed by atoms with Gasteiger partial charge in [-0.3, -0.25) is 9.69 Å². The summed E-state index contributed by atoms with van der Waals surface area (Å²) in [6, 6.07) is 8.77. The summed E-state index contributed by atoms with van der Waals surface area (Å²) in [5.41, 5.74) is 7.26. The predicted octanol–water partition coefficient (Wildman–Crippen LogP) is 3.34. The summed E-state index contributed by atoms with van der Waals surface area (Å²) in [6.07, 6.45) is 11.9. The Morgan fingerprint density at radius 1 is 1.10 bits per heavy atom. The van der Waals surface area contributed by atoms with E-state index in [9.17, 15) is 13.2 Å². The first kappa shape index (κ1) is 22.7. The Morgan fingerprint density at radius 3 is 2.39 bits per heavy atom.